The molecule has 0 aromatic heterocycles. The van der Waals surface area contributed by atoms with Crippen LogP contribution in [0.1, 0.15) is 11.1 Å². The number of methoxy groups -OCH3 is 1. The van der Waals surface area contributed by atoms with Crippen LogP contribution in [-0.2, 0) is 13.2 Å². The molecule has 2 aromatic carbocycles. The Bertz CT molecular complexity index is 722. The number of aliphatic hydroxyl groups excluding tert-OH is 1. The molecule has 8 heteroatoms. The maximum atomic E-state index is 10.7. The van der Waals surface area contributed by atoms with Gasteiger partial charge in [0, 0.05) is 36.3 Å². The van der Waals surface area contributed by atoms with E-state index < -0.39 is 4.92 Å². The summed E-state index contributed by atoms with van der Waals surface area (Å²) in [6.45, 7) is 1.24. The summed E-state index contributed by atoms with van der Waals surface area (Å²) in [5.74, 6) is 1.02. The molecule has 0 saturated carbocycles. The van der Waals surface area contributed by atoms with E-state index in [1.807, 2.05) is 0 Å². The van der Waals surface area contributed by atoms with E-state index in [0.29, 0.717) is 29.6 Å². The highest BCUT2D eigenvalue weighted by Crippen LogP contribution is 2.34. The molecule has 0 spiro atoms. The topological polar surface area (TPSA) is 93.9 Å². The molecule has 2 aromatic rings. The minimum Gasteiger partial charge on any atom is -0.493 e. The van der Waals surface area contributed by atoms with Gasteiger partial charge in [0.25, 0.3) is 5.69 Å². The zero-order chi connectivity index (χ0) is 18.2. The maximum Gasteiger partial charge on any atom is 0.269 e. The van der Waals surface area contributed by atoms with Crippen molar-refractivity contribution in [3.05, 3.63) is 62.7 Å². The van der Waals surface area contributed by atoms with Crippen molar-refractivity contribution in [3.8, 4) is 11.5 Å². The average Bonchev–Trinajstić information content (AvgIpc) is 2.61. The summed E-state index contributed by atoms with van der Waals surface area (Å²) in [5, 5.41) is 23.0. The van der Waals surface area contributed by atoms with Gasteiger partial charge < -0.3 is 19.9 Å². The van der Waals surface area contributed by atoms with Gasteiger partial charge in [0.05, 0.1) is 18.6 Å². The van der Waals surface area contributed by atoms with Crippen LogP contribution in [0.15, 0.2) is 36.4 Å². The lowest BCUT2D eigenvalue weighted by atomic mass is 10.2. The number of non-ortho nitro benzene ring substituents is 1. The molecule has 2 rings (SSSR count). The van der Waals surface area contributed by atoms with Crippen LogP contribution in [0.5, 0.6) is 11.5 Å². The van der Waals surface area contributed by atoms with E-state index in [-0.39, 0.29) is 18.9 Å². The monoisotopic (exact) mass is 366 g/mol. The van der Waals surface area contributed by atoms with Crippen LogP contribution in [0, 0.1) is 10.1 Å². The van der Waals surface area contributed by atoms with Crippen LogP contribution < -0.4 is 14.8 Å². The third kappa shape index (κ3) is 5.32. The molecule has 0 amide bonds. The molecule has 0 aliphatic carbocycles. The zero-order valence-corrected chi connectivity index (χ0v) is 14.5. The minimum atomic E-state index is -0.447. The third-order valence-electron chi connectivity index (χ3n) is 3.48. The summed E-state index contributed by atoms with van der Waals surface area (Å²) >= 11 is 6.26. The number of nitrogens with zero attached hydrogens (tertiary/aromatic N) is 1. The summed E-state index contributed by atoms with van der Waals surface area (Å²) in [7, 11) is 1.53. The molecule has 0 heterocycles. The van der Waals surface area contributed by atoms with E-state index in [4.69, 9.17) is 26.2 Å². The quantitative estimate of drug-likeness (QED) is 0.402. The predicted molar refractivity (Wildman–Crippen MR) is 94.2 cm³/mol. The molecule has 0 aliphatic heterocycles. The molecule has 0 saturated heterocycles. The SMILES string of the molecule is COc1cc(CNCCO)c(Cl)cc1OCc1ccc([N+](=O)[O-])cc1. The maximum absolute atomic E-state index is 10.7. The molecule has 25 heavy (non-hydrogen) atoms. The Morgan fingerprint density at radius 1 is 1.24 bits per heavy atom. The number of aliphatic hydroxyl groups is 1. The van der Waals surface area contributed by atoms with Gasteiger partial charge in [0.1, 0.15) is 6.61 Å². The van der Waals surface area contributed by atoms with E-state index in [0.717, 1.165) is 11.1 Å². The zero-order valence-electron chi connectivity index (χ0n) is 13.7. The fourth-order valence-electron chi connectivity index (χ4n) is 2.16. The predicted octanol–water partition coefficient (Wildman–Crippen LogP) is 2.92. The number of nitrogens with one attached hydrogen (secondary N) is 1. The molecule has 134 valence electrons. The number of nitro benzene ring substituents is 1. The molecular weight excluding hydrogens is 348 g/mol. The largest absolute Gasteiger partial charge is 0.493 e. The molecule has 7 nitrogen and oxygen atoms in total. The van der Waals surface area contributed by atoms with Crippen LogP contribution in [0.3, 0.4) is 0 Å². The summed E-state index contributed by atoms with van der Waals surface area (Å²) in [5.41, 5.74) is 1.65. The van der Waals surface area contributed by atoms with E-state index in [1.165, 1.54) is 19.2 Å². The van der Waals surface area contributed by atoms with Crippen LogP contribution in [0.25, 0.3) is 0 Å². The number of benzene rings is 2. The summed E-state index contributed by atoms with van der Waals surface area (Å²) < 4.78 is 11.1. The van der Waals surface area contributed by atoms with Gasteiger partial charge in [-0.05, 0) is 29.3 Å². The lowest BCUT2D eigenvalue weighted by molar-refractivity contribution is -0.384. The van der Waals surface area contributed by atoms with Crippen molar-refractivity contribution < 1.29 is 19.5 Å². The summed E-state index contributed by atoms with van der Waals surface area (Å²) in [6, 6.07) is 9.58. The first-order chi connectivity index (χ1) is 12.0. The van der Waals surface area contributed by atoms with Crippen LogP contribution in [0.2, 0.25) is 5.02 Å². The van der Waals surface area contributed by atoms with Crippen molar-refractivity contribution in [2.75, 3.05) is 20.3 Å². The van der Waals surface area contributed by atoms with E-state index >= 15 is 0 Å². The number of nitro groups is 1. The van der Waals surface area contributed by atoms with Gasteiger partial charge in [0.2, 0.25) is 0 Å². The van der Waals surface area contributed by atoms with Gasteiger partial charge in [0.15, 0.2) is 11.5 Å². The highest BCUT2D eigenvalue weighted by Gasteiger charge is 2.11. The number of ether oxygens (including phenoxy) is 2. The molecule has 0 bridgehead atoms. The number of halogens is 1. The van der Waals surface area contributed by atoms with Crippen LogP contribution in [-0.4, -0.2) is 30.3 Å². The Balaban J connectivity index is 2.07. The highest BCUT2D eigenvalue weighted by atomic mass is 35.5. The molecule has 0 unspecified atom stereocenters. The van der Waals surface area contributed by atoms with Gasteiger partial charge in [-0.15, -0.1) is 0 Å². The second-order valence-electron chi connectivity index (χ2n) is 5.21. The highest BCUT2D eigenvalue weighted by molar-refractivity contribution is 6.31. The first-order valence-electron chi connectivity index (χ1n) is 7.59. The molecule has 0 radical (unpaired) electrons. The number of hydrogen-bond donors (Lipinski definition) is 2. The number of hydrogen-bond acceptors (Lipinski definition) is 6. The Morgan fingerprint density at radius 2 is 1.96 bits per heavy atom. The van der Waals surface area contributed by atoms with Crippen LogP contribution in [0.4, 0.5) is 5.69 Å². The number of rotatable bonds is 9. The van der Waals surface area contributed by atoms with Crippen molar-refractivity contribution in [2.24, 2.45) is 0 Å². The Hall–Kier alpha value is -2.35. The van der Waals surface area contributed by atoms with Gasteiger partial charge >= 0.3 is 0 Å². The lowest BCUT2D eigenvalue weighted by Crippen LogP contribution is -2.17. The molecule has 0 fully saturated rings. The Kier molecular flexibility index (Phi) is 7.00. The van der Waals surface area contributed by atoms with E-state index in [2.05, 4.69) is 5.32 Å². The third-order valence-corrected chi connectivity index (χ3v) is 3.83. The molecule has 0 aliphatic rings. The average molecular weight is 367 g/mol. The van der Waals surface area contributed by atoms with Crippen molar-refractivity contribution >= 4 is 17.3 Å². The van der Waals surface area contributed by atoms with Gasteiger partial charge in [-0.1, -0.05) is 11.6 Å². The fraction of sp³-hybridized carbons (Fsp3) is 0.294. The molecular formula is C17H19ClN2O5. The molecule has 2 N–H and O–H groups in total. The van der Waals surface area contributed by atoms with Gasteiger partial charge in [-0.25, -0.2) is 0 Å². The first-order valence-corrected chi connectivity index (χ1v) is 7.97. The second kappa shape index (κ2) is 9.22. The van der Waals surface area contributed by atoms with Crippen molar-refractivity contribution in [3.63, 3.8) is 0 Å². The van der Waals surface area contributed by atoms with Crippen molar-refractivity contribution in [1.29, 1.82) is 0 Å². The lowest BCUT2D eigenvalue weighted by Gasteiger charge is -2.14. The first kappa shape index (κ1) is 19.0. The fourth-order valence-corrected chi connectivity index (χ4v) is 2.38. The summed E-state index contributed by atoms with van der Waals surface area (Å²) in [4.78, 5) is 10.2. The van der Waals surface area contributed by atoms with Crippen molar-refractivity contribution in [1.82, 2.24) is 5.32 Å². The smallest absolute Gasteiger partial charge is 0.269 e. The molecule has 0 atom stereocenters. The van der Waals surface area contributed by atoms with E-state index in [1.54, 1.807) is 24.3 Å². The standard InChI is InChI=1S/C17H19ClN2O5/c1-24-16-8-13(10-19-6-7-21)15(18)9-17(16)25-11-12-2-4-14(5-3-12)20(22)23/h2-5,8-9,19,21H,6-7,10-11H2,1H3. The van der Waals surface area contributed by atoms with Gasteiger partial charge in [-0.3, -0.25) is 10.1 Å². The Morgan fingerprint density at radius 3 is 2.56 bits per heavy atom. The van der Waals surface area contributed by atoms with Gasteiger partial charge in [-0.2, -0.15) is 0 Å². The van der Waals surface area contributed by atoms with Crippen molar-refractivity contribution in [2.45, 2.75) is 13.2 Å². The normalized spacial score (nSPS) is 10.5. The summed E-state index contributed by atoms with van der Waals surface area (Å²) in [6.07, 6.45) is 0. The second-order valence-corrected chi connectivity index (χ2v) is 5.61. The van der Waals surface area contributed by atoms with E-state index in [9.17, 15) is 10.1 Å². The van der Waals surface area contributed by atoms with Crippen LogP contribution >= 0.6 is 11.6 Å². The minimum absolute atomic E-state index is 0.0316. The Labute approximate surface area is 150 Å².